The molecule has 1 aromatic rings. The van der Waals surface area contributed by atoms with Crippen LogP contribution in [0.2, 0.25) is 0 Å². The number of nitrogens with zero attached hydrogens (tertiary/aromatic N) is 4. The van der Waals surface area contributed by atoms with Gasteiger partial charge in [0.2, 0.25) is 11.8 Å². The second-order valence-electron chi connectivity index (χ2n) is 12.4. The summed E-state index contributed by atoms with van der Waals surface area (Å²) in [5.41, 5.74) is 0.676. The second-order valence-corrected chi connectivity index (χ2v) is 12.4. The zero-order chi connectivity index (χ0) is 26.5. The molecule has 0 radical (unpaired) electrons. The molecule has 0 spiro atoms. The summed E-state index contributed by atoms with van der Waals surface area (Å²) in [6, 6.07) is 1.64. The van der Waals surface area contributed by atoms with Gasteiger partial charge in [-0.1, -0.05) is 41.0 Å². The van der Waals surface area contributed by atoms with Gasteiger partial charge in [-0.2, -0.15) is 8.78 Å². The first kappa shape index (κ1) is 26.9. The largest absolute Gasteiger partial charge is 0.341 e. The third kappa shape index (κ3) is 5.42. The van der Waals surface area contributed by atoms with Gasteiger partial charge in [0.15, 0.2) is 0 Å². The summed E-state index contributed by atoms with van der Waals surface area (Å²) in [4.78, 5) is 36.1. The molecular formula is C27H41F2N5O2. The van der Waals surface area contributed by atoms with Crippen LogP contribution in [0, 0.1) is 5.41 Å². The number of likely N-dealkylation sites (tertiary alicyclic amines) is 1. The van der Waals surface area contributed by atoms with E-state index < -0.39 is 5.92 Å². The maximum Gasteiger partial charge on any atom is 0.289 e. The highest BCUT2D eigenvalue weighted by Gasteiger charge is 2.43. The fourth-order valence-electron chi connectivity index (χ4n) is 5.89. The first-order valence-corrected chi connectivity index (χ1v) is 13.2. The van der Waals surface area contributed by atoms with Crippen molar-refractivity contribution in [3.63, 3.8) is 0 Å². The minimum absolute atomic E-state index is 0.0139. The highest BCUT2D eigenvalue weighted by atomic mass is 19.3. The van der Waals surface area contributed by atoms with Gasteiger partial charge >= 0.3 is 0 Å². The maximum absolute atomic E-state index is 14.7. The topological polar surface area (TPSA) is 68.8 Å². The van der Waals surface area contributed by atoms with E-state index in [2.05, 4.69) is 36.0 Å². The van der Waals surface area contributed by atoms with Crippen molar-refractivity contribution < 1.29 is 18.4 Å². The molecule has 2 fully saturated rings. The molecule has 7 nitrogen and oxygen atoms in total. The quantitative estimate of drug-likeness (QED) is 0.614. The molecule has 2 amide bonds. The monoisotopic (exact) mass is 505 g/mol. The summed E-state index contributed by atoms with van der Waals surface area (Å²) in [5.74, 6) is -2.97. The fourth-order valence-corrected chi connectivity index (χ4v) is 5.89. The molecule has 0 saturated carbocycles. The number of pyridine rings is 1. The average Bonchev–Trinajstić information content (AvgIpc) is 3.20. The first-order valence-electron chi connectivity index (χ1n) is 13.2. The number of carbonyl (C=O) groups excluding carboxylic acids is 2. The standard InChI is InChI=1S/C27H41F2N5O2/c1-7-8-27(28,29)22-9-21-20(12-31-22)26(5,6)17-34(21)24(36)15-32-13-18(2)30-11-19(32)14-33-16-25(3,4)10-23(33)35/h9,12,18-19,30H,7-8,10-11,13-17H2,1-6H3/t18-,19-/m1/s1. The van der Waals surface area contributed by atoms with Crippen LogP contribution < -0.4 is 10.2 Å². The molecule has 0 bridgehead atoms. The lowest BCUT2D eigenvalue weighted by Crippen LogP contribution is -2.61. The molecular weight excluding hydrogens is 464 g/mol. The zero-order valence-electron chi connectivity index (χ0n) is 22.5. The predicted octanol–water partition coefficient (Wildman–Crippen LogP) is 3.52. The lowest BCUT2D eigenvalue weighted by Gasteiger charge is -2.41. The minimum Gasteiger partial charge on any atom is -0.341 e. The SMILES string of the molecule is CCCC(F)(F)c1cc2c(cn1)C(C)(C)CN2C(=O)CN1C[C@@H](C)NC[C@@H]1CN1CC(C)(C)CC1=O. The van der Waals surface area contributed by atoms with E-state index in [1.165, 1.54) is 12.3 Å². The number of alkyl halides is 2. The molecule has 0 aliphatic carbocycles. The Balaban J connectivity index is 1.54. The van der Waals surface area contributed by atoms with Gasteiger partial charge in [-0.15, -0.1) is 0 Å². The Kier molecular flexibility index (Phi) is 7.20. The number of nitrogens with one attached hydrogen (secondary N) is 1. The number of halogens is 2. The molecule has 2 saturated heterocycles. The number of hydrogen-bond acceptors (Lipinski definition) is 5. The second kappa shape index (κ2) is 9.63. The van der Waals surface area contributed by atoms with Crippen LogP contribution in [-0.2, 0) is 20.9 Å². The molecule has 36 heavy (non-hydrogen) atoms. The van der Waals surface area contributed by atoms with E-state index in [4.69, 9.17) is 0 Å². The first-order chi connectivity index (χ1) is 16.7. The summed E-state index contributed by atoms with van der Waals surface area (Å²) in [6.07, 6.45) is 2.14. The average molecular weight is 506 g/mol. The molecule has 1 aromatic heterocycles. The van der Waals surface area contributed by atoms with E-state index in [9.17, 15) is 18.4 Å². The van der Waals surface area contributed by atoms with Crippen molar-refractivity contribution >= 4 is 17.5 Å². The molecule has 0 unspecified atom stereocenters. The van der Waals surface area contributed by atoms with Gasteiger partial charge < -0.3 is 15.1 Å². The van der Waals surface area contributed by atoms with Gasteiger partial charge in [0, 0.05) is 74.8 Å². The minimum atomic E-state index is -3.03. The number of carbonyl (C=O) groups is 2. The third-order valence-electron chi connectivity index (χ3n) is 7.79. The van der Waals surface area contributed by atoms with Crippen LogP contribution in [-0.4, -0.2) is 78.0 Å². The Hall–Kier alpha value is -2.13. The van der Waals surface area contributed by atoms with Crippen molar-refractivity contribution in [2.75, 3.05) is 44.2 Å². The maximum atomic E-state index is 14.7. The number of fused-ring (bicyclic) bond motifs is 1. The number of hydrogen-bond donors (Lipinski definition) is 1. The Labute approximate surface area is 213 Å². The van der Waals surface area contributed by atoms with Crippen LogP contribution in [0.4, 0.5) is 14.5 Å². The van der Waals surface area contributed by atoms with Crippen LogP contribution in [0.5, 0.6) is 0 Å². The van der Waals surface area contributed by atoms with Crippen LogP contribution in [0.25, 0.3) is 0 Å². The Morgan fingerprint density at radius 2 is 1.97 bits per heavy atom. The van der Waals surface area contributed by atoms with Crippen LogP contribution >= 0.6 is 0 Å². The molecule has 9 heteroatoms. The third-order valence-corrected chi connectivity index (χ3v) is 7.79. The molecule has 2 atom stereocenters. The van der Waals surface area contributed by atoms with Crippen molar-refractivity contribution in [2.45, 2.75) is 84.2 Å². The molecule has 4 heterocycles. The molecule has 3 aliphatic rings. The van der Waals surface area contributed by atoms with E-state index in [0.29, 0.717) is 44.7 Å². The molecule has 3 aliphatic heterocycles. The van der Waals surface area contributed by atoms with Gasteiger partial charge in [0.25, 0.3) is 5.92 Å². The van der Waals surface area contributed by atoms with Gasteiger partial charge in [0.1, 0.15) is 5.69 Å². The number of amides is 2. The normalized spacial score (nSPS) is 25.9. The molecule has 0 aromatic carbocycles. The number of piperazine rings is 1. The lowest BCUT2D eigenvalue weighted by atomic mass is 9.88. The van der Waals surface area contributed by atoms with Crippen LogP contribution in [0.15, 0.2) is 12.3 Å². The van der Waals surface area contributed by atoms with Crippen LogP contribution in [0.1, 0.15) is 72.1 Å². The van der Waals surface area contributed by atoms with Gasteiger partial charge in [-0.05, 0) is 18.4 Å². The molecule has 4 rings (SSSR count). The van der Waals surface area contributed by atoms with Crippen molar-refractivity contribution in [3.8, 4) is 0 Å². The Morgan fingerprint density at radius 3 is 2.61 bits per heavy atom. The van der Waals surface area contributed by atoms with Crippen LogP contribution in [0.3, 0.4) is 0 Å². The fraction of sp³-hybridized carbons (Fsp3) is 0.741. The smallest absolute Gasteiger partial charge is 0.289 e. The summed E-state index contributed by atoms with van der Waals surface area (Å²) in [7, 11) is 0. The summed E-state index contributed by atoms with van der Waals surface area (Å²) in [5, 5.41) is 3.48. The molecule has 200 valence electrons. The van der Waals surface area contributed by atoms with Crippen molar-refractivity contribution in [1.82, 2.24) is 20.1 Å². The van der Waals surface area contributed by atoms with E-state index in [1.807, 2.05) is 18.7 Å². The zero-order valence-corrected chi connectivity index (χ0v) is 22.5. The van der Waals surface area contributed by atoms with Gasteiger partial charge in [-0.25, -0.2) is 0 Å². The van der Waals surface area contributed by atoms with E-state index in [0.717, 1.165) is 12.1 Å². The Morgan fingerprint density at radius 1 is 1.25 bits per heavy atom. The highest BCUT2D eigenvalue weighted by Crippen LogP contribution is 2.43. The van der Waals surface area contributed by atoms with Crippen molar-refractivity contribution in [1.29, 1.82) is 0 Å². The van der Waals surface area contributed by atoms with Gasteiger partial charge in [0.05, 0.1) is 12.2 Å². The van der Waals surface area contributed by atoms with Gasteiger partial charge in [-0.3, -0.25) is 19.5 Å². The number of aromatic nitrogens is 1. The molecule has 1 N–H and O–H groups in total. The Bertz CT molecular complexity index is 1010. The van der Waals surface area contributed by atoms with Crippen molar-refractivity contribution in [3.05, 3.63) is 23.5 Å². The van der Waals surface area contributed by atoms with E-state index in [-0.39, 0.29) is 53.4 Å². The lowest BCUT2D eigenvalue weighted by molar-refractivity contribution is -0.128. The number of rotatable bonds is 7. The number of anilines is 1. The highest BCUT2D eigenvalue weighted by molar-refractivity contribution is 5.97. The van der Waals surface area contributed by atoms with Crippen molar-refractivity contribution in [2.24, 2.45) is 5.41 Å². The summed E-state index contributed by atoms with van der Waals surface area (Å²) < 4.78 is 29.4. The predicted molar refractivity (Wildman–Crippen MR) is 136 cm³/mol. The summed E-state index contributed by atoms with van der Waals surface area (Å²) in [6.45, 7) is 15.3. The summed E-state index contributed by atoms with van der Waals surface area (Å²) >= 11 is 0. The van der Waals surface area contributed by atoms with E-state index in [1.54, 1.807) is 11.8 Å². The van der Waals surface area contributed by atoms with E-state index >= 15 is 0 Å².